The maximum Gasteiger partial charge on any atom is 0.243 e. The van der Waals surface area contributed by atoms with Crippen LogP contribution in [0.4, 0.5) is 8.78 Å². The number of halogens is 3. The van der Waals surface area contributed by atoms with Crippen molar-refractivity contribution in [2.75, 3.05) is 0 Å². The molecule has 2 aliphatic carbocycles. The molecule has 0 spiro atoms. The molecular formula is C25H28ClF2N3OS. The predicted octanol–water partition coefficient (Wildman–Crippen LogP) is 7.27. The van der Waals surface area contributed by atoms with Crippen molar-refractivity contribution in [2.45, 2.75) is 76.3 Å². The summed E-state index contributed by atoms with van der Waals surface area (Å²) in [7, 11) is 0. The van der Waals surface area contributed by atoms with Crippen LogP contribution >= 0.6 is 22.9 Å². The Bertz CT molecular complexity index is 1150. The molecule has 3 aromatic rings. The lowest BCUT2D eigenvalue weighted by atomic mass is 9.82. The van der Waals surface area contributed by atoms with Crippen LogP contribution in [-0.4, -0.2) is 21.5 Å². The summed E-state index contributed by atoms with van der Waals surface area (Å²) in [6, 6.07) is 5.58. The minimum absolute atomic E-state index is 0.0401. The van der Waals surface area contributed by atoms with Crippen LogP contribution in [-0.2, 0) is 4.79 Å². The van der Waals surface area contributed by atoms with Gasteiger partial charge in [0.1, 0.15) is 6.04 Å². The lowest BCUT2D eigenvalue weighted by Crippen LogP contribution is -2.43. The number of aromatic nitrogens is 2. The van der Waals surface area contributed by atoms with Gasteiger partial charge in [0.25, 0.3) is 0 Å². The van der Waals surface area contributed by atoms with E-state index in [9.17, 15) is 13.6 Å². The Balaban J connectivity index is 1.65. The average Bonchev–Trinajstić information content (AvgIpc) is 3.40. The molecule has 8 heteroatoms. The summed E-state index contributed by atoms with van der Waals surface area (Å²) in [5, 5.41) is 3.30. The van der Waals surface area contributed by atoms with Gasteiger partial charge in [0, 0.05) is 18.2 Å². The van der Waals surface area contributed by atoms with Gasteiger partial charge in [-0.2, -0.15) is 0 Å². The summed E-state index contributed by atoms with van der Waals surface area (Å²) in [5.41, 5.74) is 0.794. The maximum absolute atomic E-state index is 14.4. The number of hydrogen-bond donors (Lipinski definition) is 1. The van der Waals surface area contributed by atoms with E-state index in [1.807, 2.05) is 10.6 Å². The normalized spacial score (nSPS) is 19.1. The van der Waals surface area contributed by atoms with Crippen LogP contribution in [0.3, 0.4) is 0 Å². The van der Waals surface area contributed by atoms with E-state index >= 15 is 0 Å². The molecule has 4 nitrogen and oxygen atoms in total. The van der Waals surface area contributed by atoms with Gasteiger partial charge in [0.2, 0.25) is 5.91 Å². The van der Waals surface area contributed by atoms with Gasteiger partial charge in [0.15, 0.2) is 17.5 Å². The van der Waals surface area contributed by atoms with Gasteiger partial charge in [0.05, 0.1) is 20.2 Å². The molecule has 1 atom stereocenters. The molecule has 0 saturated heterocycles. The highest BCUT2D eigenvalue weighted by Crippen LogP contribution is 2.41. The van der Waals surface area contributed by atoms with Crippen LogP contribution in [0.15, 0.2) is 24.3 Å². The number of nitrogens with zero attached hydrogens (tertiary/aromatic N) is 2. The molecule has 176 valence electrons. The molecule has 1 amide bonds. The fourth-order valence-electron chi connectivity index (χ4n) is 5.51. The quantitative estimate of drug-likeness (QED) is 0.408. The van der Waals surface area contributed by atoms with E-state index in [1.54, 1.807) is 6.07 Å². The van der Waals surface area contributed by atoms with Crippen molar-refractivity contribution in [1.82, 2.24) is 14.9 Å². The Hall–Kier alpha value is -1.99. The third kappa shape index (κ3) is 4.67. The highest BCUT2D eigenvalue weighted by atomic mass is 35.5. The molecule has 2 aliphatic rings. The lowest BCUT2D eigenvalue weighted by Gasteiger charge is -2.33. The molecular weight excluding hydrogens is 464 g/mol. The van der Waals surface area contributed by atoms with Crippen LogP contribution < -0.4 is 5.32 Å². The smallest absolute Gasteiger partial charge is 0.243 e. The minimum atomic E-state index is -0.941. The van der Waals surface area contributed by atoms with Crippen molar-refractivity contribution in [1.29, 1.82) is 0 Å². The van der Waals surface area contributed by atoms with Gasteiger partial charge in [-0.15, -0.1) is 11.3 Å². The second-order valence-electron chi connectivity index (χ2n) is 9.35. The number of benzene rings is 1. The number of hydrogen-bond acceptors (Lipinski definition) is 3. The van der Waals surface area contributed by atoms with Crippen LogP contribution in [0.25, 0.3) is 21.7 Å². The van der Waals surface area contributed by atoms with Gasteiger partial charge >= 0.3 is 0 Å². The summed E-state index contributed by atoms with van der Waals surface area (Å²) in [5.74, 6) is -1.26. The van der Waals surface area contributed by atoms with Crippen molar-refractivity contribution in [2.24, 2.45) is 5.92 Å². The number of thiophene rings is 1. The van der Waals surface area contributed by atoms with E-state index < -0.39 is 17.7 Å². The molecule has 2 aromatic heterocycles. The first kappa shape index (κ1) is 22.8. The predicted molar refractivity (Wildman–Crippen MR) is 129 cm³/mol. The fourth-order valence-corrected chi connectivity index (χ4v) is 6.54. The molecule has 0 radical (unpaired) electrons. The van der Waals surface area contributed by atoms with E-state index in [2.05, 4.69) is 10.3 Å². The first-order valence-corrected chi connectivity index (χ1v) is 13.1. The third-order valence-electron chi connectivity index (χ3n) is 7.12. The fraction of sp³-hybridized carbons (Fsp3) is 0.520. The van der Waals surface area contributed by atoms with Crippen molar-refractivity contribution in [3.8, 4) is 10.7 Å². The van der Waals surface area contributed by atoms with Crippen LogP contribution in [0.5, 0.6) is 0 Å². The number of fused-ring (bicyclic) bond motifs is 1. The molecule has 2 fully saturated rings. The zero-order valence-corrected chi connectivity index (χ0v) is 20.0. The molecule has 2 heterocycles. The van der Waals surface area contributed by atoms with Gasteiger partial charge < -0.3 is 9.88 Å². The van der Waals surface area contributed by atoms with E-state index in [1.165, 1.54) is 23.8 Å². The molecule has 1 aromatic carbocycles. The van der Waals surface area contributed by atoms with Crippen LogP contribution in [0, 0.1) is 17.6 Å². The van der Waals surface area contributed by atoms with Crippen molar-refractivity contribution < 1.29 is 13.6 Å². The van der Waals surface area contributed by atoms with Gasteiger partial charge in [-0.05, 0) is 43.7 Å². The SMILES string of the molecule is O=C(NC1CCCCC1)C(C1CCCCC1)n1c(-c2ccc(Cl)s2)nc2cc(F)c(F)cc21. The zero-order valence-electron chi connectivity index (χ0n) is 18.5. The van der Waals surface area contributed by atoms with Gasteiger partial charge in [-0.25, -0.2) is 13.8 Å². The monoisotopic (exact) mass is 491 g/mol. The number of carbonyl (C=O) groups is 1. The molecule has 33 heavy (non-hydrogen) atoms. The van der Waals surface area contributed by atoms with E-state index in [-0.39, 0.29) is 17.9 Å². The number of carbonyl (C=O) groups excluding carboxylic acids is 1. The summed E-state index contributed by atoms with van der Waals surface area (Å²) in [6.45, 7) is 0. The van der Waals surface area contributed by atoms with Crippen molar-refractivity contribution in [3.05, 3.63) is 40.2 Å². The Morgan fingerprint density at radius 2 is 1.70 bits per heavy atom. The molecule has 1 N–H and O–H groups in total. The number of rotatable bonds is 5. The lowest BCUT2D eigenvalue weighted by molar-refractivity contribution is -0.127. The van der Waals surface area contributed by atoms with Crippen molar-refractivity contribution >= 4 is 39.9 Å². The van der Waals surface area contributed by atoms with E-state index in [4.69, 9.17) is 11.6 Å². The standard InChI is InChI=1S/C25H28ClF2N3OS/c26-22-12-11-21(33-22)24-30-19-13-17(27)18(28)14-20(19)31(24)23(15-7-3-1-4-8-15)25(32)29-16-9-5-2-6-10-16/h11-16,23H,1-10H2,(H,29,32). The highest BCUT2D eigenvalue weighted by Gasteiger charge is 2.36. The molecule has 2 saturated carbocycles. The van der Waals surface area contributed by atoms with E-state index in [0.29, 0.717) is 21.2 Å². The van der Waals surface area contributed by atoms with Crippen LogP contribution in [0.2, 0.25) is 4.34 Å². The third-order valence-corrected chi connectivity index (χ3v) is 8.35. The second kappa shape index (κ2) is 9.71. The Kier molecular flexibility index (Phi) is 6.70. The second-order valence-corrected chi connectivity index (χ2v) is 11.1. The largest absolute Gasteiger partial charge is 0.352 e. The molecule has 1 unspecified atom stereocenters. The summed E-state index contributed by atoms with van der Waals surface area (Å²) < 4.78 is 30.9. The number of imidazole rings is 1. The van der Waals surface area contributed by atoms with Gasteiger partial charge in [-0.3, -0.25) is 4.79 Å². The van der Waals surface area contributed by atoms with Gasteiger partial charge in [-0.1, -0.05) is 50.1 Å². The number of nitrogens with one attached hydrogen (secondary N) is 1. The minimum Gasteiger partial charge on any atom is -0.352 e. The van der Waals surface area contributed by atoms with Crippen LogP contribution in [0.1, 0.15) is 70.3 Å². The Morgan fingerprint density at radius 1 is 1.03 bits per heavy atom. The zero-order chi connectivity index (χ0) is 22.9. The van der Waals surface area contributed by atoms with E-state index in [0.717, 1.165) is 68.7 Å². The highest BCUT2D eigenvalue weighted by molar-refractivity contribution is 7.19. The number of amides is 1. The summed E-state index contributed by atoms with van der Waals surface area (Å²) >= 11 is 7.57. The Labute approximate surface area is 201 Å². The van der Waals surface area contributed by atoms with Crippen molar-refractivity contribution in [3.63, 3.8) is 0 Å². The molecule has 0 aliphatic heterocycles. The molecule has 0 bridgehead atoms. The average molecular weight is 492 g/mol. The topological polar surface area (TPSA) is 46.9 Å². The molecule has 5 rings (SSSR count). The first-order chi connectivity index (χ1) is 16.0. The summed E-state index contributed by atoms with van der Waals surface area (Å²) in [4.78, 5) is 19.3. The summed E-state index contributed by atoms with van der Waals surface area (Å²) in [6.07, 6.45) is 10.6. The first-order valence-electron chi connectivity index (χ1n) is 11.9. The maximum atomic E-state index is 14.4. The Morgan fingerprint density at radius 3 is 2.36 bits per heavy atom.